The van der Waals surface area contributed by atoms with Crippen LogP contribution >= 0.6 is 22.8 Å². The van der Waals surface area contributed by atoms with E-state index in [-0.39, 0.29) is 41.4 Å². The Morgan fingerprint density at radius 1 is 1.05 bits per heavy atom. The molecule has 0 unspecified atom stereocenters. The van der Waals surface area contributed by atoms with Gasteiger partial charge in [0, 0.05) is 22.1 Å². The molecule has 1 saturated carbocycles. The molecule has 1 heterocycles. The number of aromatic nitrogens is 1. The van der Waals surface area contributed by atoms with E-state index in [1.165, 1.54) is 22.3 Å². The van der Waals surface area contributed by atoms with Gasteiger partial charge in [0.1, 0.15) is 0 Å². The van der Waals surface area contributed by atoms with E-state index in [1.807, 2.05) is 62.4 Å². The Morgan fingerprint density at radius 3 is 2.49 bits per heavy atom. The number of aliphatic hydroxyl groups is 1. The Balaban J connectivity index is 0.000000392. The van der Waals surface area contributed by atoms with Crippen LogP contribution in [0.25, 0.3) is 23.1 Å². The number of carbonyl (C=O) groups is 1. The van der Waals surface area contributed by atoms with Gasteiger partial charge in [0.25, 0.3) is 0 Å². The molecular weight excluding hydrogens is 585 g/mol. The maximum atomic E-state index is 10.4. The number of hydrogen-bond donors (Lipinski definition) is 1. The molecular formula is C36H37ClNNaO3S. The normalized spacial score (nSPS) is 13.6. The first-order valence-electron chi connectivity index (χ1n) is 14.2. The number of carboxylic acids is 1. The molecule has 4 aromatic rings. The standard InChI is InChI=1S/C29H28ClNO.C7H10O2S.Na/c1-29(2,32)27-12-4-3-10-23(27)11-6-9-21-7-5-8-22(19-21)13-17-26-18-15-24-14-16-25(30)20-28(24)31-26;1-10-5-7(2-3-7)4-6(8)9;/h3-5,7-8,10,12-20,32H,6,9,11H2,1-2H3;1H,2-5H2,(H,8,9);/q;;+1/p-1/b17-13+;;. The van der Waals surface area contributed by atoms with E-state index >= 15 is 0 Å². The minimum atomic E-state index is -0.952. The van der Waals surface area contributed by atoms with Gasteiger partial charge in [0.15, 0.2) is 0 Å². The van der Waals surface area contributed by atoms with Crippen LogP contribution in [0.1, 0.15) is 67.5 Å². The van der Waals surface area contributed by atoms with Crippen molar-refractivity contribution in [3.05, 3.63) is 112 Å². The molecule has 1 aliphatic carbocycles. The van der Waals surface area contributed by atoms with Crippen molar-refractivity contribution in [3.8, 4) is 5.69 Å². The van der Waals surface area contributed by atoms with Crippen molar-refractivity contribution >= 4 is 51.8 Å². The molecule has 1 N–H and O–H groups in total. The van der Waals surface area contributed by atoms with Gasteiger partial charge in [-0.05, 0) is 104 Å². The first-order valence-corrected chi connectivity index (χ1v) is 15.7. The number of aliphatic carboxylic acids is 1. The summed E-state index contributed by atoms with van der Waals surface area (Å²) in [5, 5.41) is 22.4. The fourth-order valence-electron chi connectivity index (χ4n) is 5.08. The first kappa shape index (κ1) is 35.0. The molecule has 1 fully saturated rings. The van der Waals surface area contributed by atoms with Gasteiger partial charge < -0.3 is 15.0 Å². The zero-order valence-corrected chi connectivity index (χ0v) is 28.8. The summed E-state index contributed by atoms with van der Waals surface area (Å²) in [7, 11) is 0. The Hall–Kier alpha value is -2.47. The third-order valence-corrected chi connectivity index (χ3v) is 8.54. The van der Waals surface area contributed by atoms with Crippen LogP contribution in [0.2, 0.25) is 5.02 Å². The largest absolute Gasteiger partial charge is 1.00 e. The molecule has 0 atom stereocenters. The zero-order chi connectivity index (χ0) is 30.2. The van der Waals surface area contributed by atoms with Crippen molar-refractivity contribution in [1.29, 1.82) is 0 Å². The Bertz CT molecular complexity index is 1620. The molecule has 4 nitrogen and oxygen atoms in total. The van der Waals surface area contributed by atoms with E-state index < -0.39 is 11.6 Å². The van der Waals surface area contributed by atoms with Crippen LogP contribution in [0.5, 0.6) is 0 Å². The molecule has 1 aliphatic rings. The molecule has 0 saturated heterocycles. The number of carboxylic acid groups (broad SMARTS) is 1. The number of halogens is 1. The van der Waals surface area contributed by atoms with Gasteiger partial charge in [-0.2, -0.15) is 0 Å². The minimum absolute atomic E-state index is 0. The van der Waals surface area contributed by atoms with E-state index in [0.29, 0.717) is 5.02 Å². The molecule has 0 radical (unpaired) electrons. The summed E-state index contributed by atoms with van der Waals surface area (Å²) >= 11 is 7.32. The van der Waals surface area contributed by atoms with E-state index in [1.54, 1.807) is 0 Å². The number of fused-ring (bicyclic) bond motifs is 1. The number of pyridine rings is 1. The molecule has 0 bridgehead atoms. The molecule has 1 aromatic heterocycles. The fraction of sp³-hybridized carbons (Fsp3) is 0.306. The van der Waals surface area contributed by atoms with Crippen LogP contribution in [-0.4, -0.2) is 21.8 Å². The fourth-order valence-corrected chi connectivity index (χ4v) is 5.99. The van der Waals surface area contributed by atoms with Crippen molar-refractivity contribution in [1.82, 2.24) is 4.98 Å². The maximum Gasteiger partial charge on any atom is 1.00 e. The smallest absolute Gasteiger partial charge is 0.550 e. The predicted molar refractivity (Wildman–Crippen MR) is 175 cm³/mol. The number of aryl methyl sites for hydroxylation is 2. The van der Waals surface area contributed by atoms with Crippen molar-refractivity contribution in [2.24, 2.45) is 5.41 Å². The number of rotatable bonds is 10. The Morgan fingerprint density at radius 2 is 1.79 bits per heavy atom. The third kappa shape index (κ3) is 10.9. The van der Waals surface area contributed by atoms with E-state index in [9.17, 15) is 15.0 Å². The second kappa shape index (κ2) is 16.0. The summed E-state index contributed by atoms with van der Waals surface area (Å²) < 4.78 is 0. The topological polar surface area (TPSA) is 73.2 Å². The maximum absolute atomic E-state index is 10.4. The van der Waals surface area contributed by atoms with Gasteiger partial charge in [-0.15, -0.1) is 16.9 Å². The zero-order valence-electron chi connectivity index (χ0n) is 25.2. The van der Waals surface area contributed by atoms with Crippen LogP contribution in [0.3, 0.4) is 0 Å². The third-order valence-electron chi connectivity index (χ3n) is 7.53. The minimum Gasteiger partial charge on any atom is -0.550 e. The molecule has 0 aliphatic heterocycles. The molecule has 5 rings (SSSR count). The van der Waals surface area contributed by atoms with Crippen LogP contribution < -0.4 is 34.7 Å². The Labute approximate surface area is 286 Å². The molecule has 0 amide bonds. The van der Waals surface area contributed by atoms with E-state index in [2.05, 4.69) is 42.5 Å². The van der Waals surface area contributed by atoms with Gasteiger partial charge in [-0.3, -0.25) is 0 Å². The number of benzene rings is 3. The van der Waals surface area contributed by atoms with Gasteiger partial charge in [0.2, 0.25) is 0 Å². The first-order chi connectivity index (χ1) is 20.1. The number of nitrogens with zero attached hydrogens (tertiary/aromatic N) is 1. The molecule has 7 heteroatoms. The summed E-state index contributed by atoms with van der Waals surface area (Å²) in [4.78, 5) is 14.9. The SMILES string of the molecule is C#SCC1(CC(=O)[O-])CC1.CC(C)(O)c1ccccc1CCCc1cccc(/C=C/c2ccc3ccc(Cl)cc3n2)c1.[Na+]. The monoisotopic (exact) mass is 621 g/mol. The average Bonchev–Trinajstić information content (AvgIpc) is 3.70. The van der Waals surface area contributed by atoms with Crippen molar-refractivity contribution in [3.63, 3.8) is 0 Å². The molecule has 0 spiro atoms. The van der Waals surface area contributed by atoms with Crippen LogP contribution in [-0.2, 0) is 23.2 Å². The second-order valence-corrected chi connectivity index (χ2v) is 12.6. The quantitative estimate of drug-likeness (QED) is 0.261. The van der Waals surface area contributed by atoms with Gasteiger partial charge in [-0.1, -0.05) is 78.3 Å². The molecule has 218 valence electrons. The van der Waals surface area contributed by atoms with Crippen LogP contribution in [0.15, 0.2) is 78.9 Å². The Kier molecular flexibility index (Phi) is 13.0. The van der Waals surface area contributed by atoms with E-state index in [4.69, 9.17) is 22.3 Å². The number of carbonyl (C=O) groups excluding carboxylic acids is 1. The predicted octanol–water partition coefficient (Wildman–Crippen LogP) is 4.69. The summed E-state index contributed by atoms with van der Waals surface area (Å²) in [5.41, 5.74) is 10.9. The van der Waals surface area contributed by atoms with Crippen LogP contribution in [0, 0.1) is 11.1 Å². The molecule has 43 heavy (non-hydrogen) atoms. The van der Waals surface area contributed by atoms with Crippen molar-refractivity contribution in [2.45, 2.75) is 58.0 Å². The van der Waals surface area contributed by atoms with E-state index in [0.717, 1.165) is 65.6 Å². The summed E-state index contributed by atoms with van der Waals surface area (Å²) in [5.74, 6) is -0.201. The van der Waals surface area contributed by atoms with Gasteiger partial charge in [-0.25, -0.2) is 4.98 Å². The summed E-state index contributed by atoms with van der Waals surface area (Å²) in [6, 6.07) is 26.7. The molecule has 3 aromatic carbocycles. The summed E-state index contributed by atoms with van der Waals surface area (Å²) in [6.07, 6.45) is 9.28. The van der Waals surface area contributed by atoms with Crippen LogP contribution in [0.4, 0.5) is 0 Å². The van der Waals surface area contributed by atoms with Crippen molar-refractivity contribution < 1.29 is 44.6 Å². The second-order valence-electron chi connectivity index (χ2n) is 11.6. The summed E-state index contributed by atoms with van der Waals surface area (Å²) in [6.45, 7) is 3.70. The number of hydrogen-bond acceptors (Lipinski definition) is 4. The van der Waals surface area contributed by atoms with Crippen molar-refractivity contribution in [2.75, 3.05) is 5.75 Å². The van der Waals surface area contributed by atoms with Gasteiger partial charge in [0.05, 0.1) is 16.8 Å². The van der Waals surface area contributed by atoms with Gasteiger partial charge >= 0.3 is 29.6 Å². The average molecular weight is 622 g/mol.